The van der Waals surface area contributed by atoms with Gasteiger partial charge in [-0.3, -0.25) is 5.10 Å². The van der Waals surface area contributed by atoms with Crippen LogP contribution in [0.5, 0.6) is 17.6 Å². The minimum atomic E-state index is -0.896. The van der Waals surface area contributed by atoms with Crippen molar-refractivity contribution in [2.45, 2.75) is 13.0 Å². The van der Waals surface area contributed by atoms with Crippen LogP contribution in [0, 0.1) is 11.6 Å². The molecule has 9 nitrogen and oxygen atoms in total. The second kappa shape index (κ2) is 8.48. The fourth-order valence-electron chi connectivity index (χ4n) is 2.91. The first-order valence-electron chi connectivity index (χ1n) is 9.26. The molecule has 11 heteroatoms. The zero-order chi connectivity index (χ0) is 22.0. The van der Waals surface area contributed by atoms with E-state index in [9.17, 15) is 13.9 Å². The number of hydrogen-bond donors (Lipinski definition) is 3. The molecule has 0 bridgehead atoms. The number of ether oxygens (including phenoxy) is 2. The van der Waals surface area contributed by atoms with E-state index in [1.807, 2.05) is 0 Å². The molecular formula is C20H18F2N6O3. The number of benzene rings is 1. The van der Waals surface area contributed by atoms with Crippen molar-refractivity contribution in [3.05, 3.63) is 48.2 Å². The smallest absolute Gasteiger partial charge is 0.326 e. The number of aliphatic hydroxyl groups is 1. The van der Waals surface area contributed by atoms with Gasteiger partial charge < -0.3 is 19.9 Å². The first kappa shape index (κ1) is 20.4. The zero-order valence-electron chi connectivity index (χ0n) is 16.6. The third-order valence-electron chi connectivity index (χ3n) is 4.28. The molecule has 0 aliphatic rings. The molecule has 1 aromatic carbocycles. The standard InChI is InChI=1S/C20H18F2N6O3/c1-10(29)9-24-17-15-16(12-4-3-7-23-19(12)30-2)27-28-18(15)26-20(25-17)31-14-6-5-11(21)8-13(14)22/h3-8,10,29H,9H2,1-2H3,(H2,24,25,26,27,28). The summed E-state index contributed by atoms with van der Waals surface area (Å²) in [5.41, 5.74) is 1.35. The van der Waals surface area contributed by atoms with Crippen LogP contribution in [0.4, 0.5) is 14.6 Å². The highest BCUT2D eigenvalue weighted by Gasteiger charge is 2.21. The van der Waals surface area contributed by atoms with Crippen LogP contribution in [0.3, 0.4) is 0 Å². The highest BCUT2D eigenvalue weighted by Crippen LogP contribution is 2.36. The Morgan fingerprint density at radius 1 is 1.23 bits per heavy atom. The second-order valence-corrected chi connectivity index (χ2v) is 6.62. The summed E-state index contributed by atoms with van der Waals surface area (Å²) in [6.07, 6.45) is 0.913. The molecule has 0 aliphatic carbocycles. The number of aliphatic hydroxyl groups excluding tert-OH is 1. The fourth-order valence-corrected chi connectivity index (χ4v) is 2.91. The molecule has 4 rings (SSSR count). The molecule has 0 spiro atoms. The first-order chi connectivity index (χ1) is 15.0. The Kier molecular flexibility index (Phi) is 5.58. The van der Waals surface area contributed by atoms with Gasteiger partial charge in [0, 0.05) is 18.8 Å². The van der Waals surface area contributed by atoms with Gasteiger partial charge in [0.05, 0.1) is 24.2 Å². The van der Waals surface area contributed by atoms with Crippen molar-refractivity contribution in [2.24, 2.45) is 0 Å². The van der Waals surface area contributed by atoms with Crippen molar-refractivity contribution < 1.29 is 23.4 Å². The Hall–Kier alpha value is -3.86. The van der Waals surface area contributed by atoms with E-state index in [-0.39, 0.29) is 24.1 Å². The number of nitrogens with zero attached hydrogens (tertiary/aromatic N) is 4. The maximum atomic E-state index is 14.0. The molecule has 3 heterocycles. The van der Waals surface area contributed by atoms with Crippen LogP contribution in [0.15, 0.2) is 36.5 Å². The molecule has 0 saturated carbocycles. The molecule has 4 aromatic rings. The average Bonchev–Trinajstić information content (AvgIpc) is 3.18. The van der Waals surface area contributed by atoms with E-state index in [2.05, 4.69) is 30.5 Å². The average molecular weight is 428 g/mol. The number of aromatic amines is 1. The summed E-state index contributed by atoms with van der Waals surface area (Å²) in [5, 5.41) is 20.3. The quantitative estimate of drug-likeness (QED) is 0.410. The van der Waals surface area contributed by atoms with Crippen molar-refractivity contribution in [3.8, 4) is 28.9 Å². The monoisotopic (exact) mass is 428 g/mol. The van der Waals surface area contributed by atoms with Gasteiger partial charge in [-0.1, -0.05) is 0 Å². The first-order valence-corrected chi connectivity index (χ1v) is 9.26. The Morgan fingerprint density at radius 3 is 2.81 bits per heavy atom. The third-order valence-corrected chi connectivity index (χ3v) is 4.28. The maximum Gasteiger partial charge on any atom is 0.326 e. The lowest BCUT2D eigenvalue weighted by Crippen LogP contribution is -2.16. The van der Waals surface area contributed by atoms with Crippen LogP contribution < -0.4 is 14.8 Å². The highest BCUT2D eigenvalue weighted by atomic mass is 19.1. The minimum Gasteiger partial charge on any atom is -0.481 e. The molecule has 160 valence electrons. The van der Waals surface area contributed by atoms with E-state index in [1.165, 1.54) is 7.11 Å². The van der Waals surface area contributed by atoms with Crippen molar-refractivity contribution in [1.82, 2.24) is 25.1 Å². The summed E-state index contributed by atoms with van der Waals surface area (Å²) < 4.78 is 37.9. The molecule has 1 unspecified atom stereocenters. The molecule has 1 atom stereocenters. The Balaban J connectivity index is 1.82. The normalized spacial score (nSPS) is 12.0. The van der Waals surface area contributed by atoms with E-state index in [0.29, 0.717) is 34.2 Å². The van der Waals surface area contributed by atoms with Gasteiger partial charge in [-0.25, -0.2) is 13.8 Å². The van der Waals surface area contributed by atoms with Gasteiger partial charge in [-0.15, -0.1) is 0 Å². The van der Waals surface area contributed by atoms with Gasteiger partial charge >= 0.3 is 6.01 Å². The van der Waals surface area contributed by atoms with Gasteiger partial charge in [0.1, 0.15) is 17.3 Å². The summed E-state index contributed by atoms with van der Waals surface area (Å²) >= 11 is 0. The number of pyridine rings is 1. The van der Waals surface area contributed by atoms with Crippen LogP contribution >= 0.6 is 0 Å². The van der Waals surface area contributed by atoms with Crippen LogP contribution in [-0.2, 0) is 0 Å². The van der Waals surface area contributed by atoms with Crippen molar-refractivity contribution >= 4 is 16.9 Å². The highest BCUT2D eigenvalue weighted by molar-refractivity contribution is 5.99. The zero-order valence-corrected chi connectivity index (χ0v) is 16.6. The second-order valence-electron chi connectivity index (χ2n) is 6.62. The van der Waals surface area contributed by atoms with Gasteiger partial charge in [-0.2, -0.15) is 15.1 Å². The van der Waals surface area contributed by atoms with E-state index in [1.54, 1.807) is 25.3 Å². The topological polar surface area (TPSA) is 118 Å². The molecule has 0 fully saturated rings. The number of rotatable bonds is 7. The summed E-state index contributed by atoms with van der Waals surface area (Å²) in [6.45, 7) is 1.78. The molecule has 0 amide bonds. The lowest BCUT2D eigenvalue weighted by molar-refractivity contribution is 0.208. The van der Waals surface area contributed by atoms with Crippen LogP contribution in [0.25, 0.3) is 22.3 Å². The van der Waals surface area contributed by atoms with E-state index in [4.69, 9.17) is 9.47 Å². The number of fused-ring (bicyclic) bond motifs is 1. The predicted molar refractivity (Wildman–Crippen MR) is 108 cm³/mol. The third kappa shape index (κ3) is 4.21. The number of hydrogen-bond acceptors (Lipinski definition) is 8. The van der Waals surface area contributed by atoms with Crippen LogP contribution in [0.1, 0.15) is 6.92 Å². The molecule has 31 heavy (non-hydrogen) atoms. The molecule has 0 aliphatic heterocycles. The van der Waals surface area contributed by atoms with Crippen LogP contribution in [-0.4, -0.2) is 50.0 Å². The van der Waals surface area contributed by atoms with Gasteiger partial charge in [0.25, 0.3) is 0 Å². The SMILES string of the molecule is COc1ncccc1-c1n[nH]c2nc(Oc3ccc(F)cc3F)nc(NCC(C)O)c12. The van der Waals surface area contributed by atoms with E-state index >= 15 is 0 Å². The maximum absolute atomic E-state index is 14.0. The molecular weight excluding hydrogens is 410 g/mol. The summed E-state index contributed by atoms with van der Waals surface area (Å²) in [7, 11) is 1.49. The van der Waals surface area contributed by atoms with E-state index in [0.717, 1.165) is 12.1 Å². The predicted octanol–water partition coefficient (Wildman–Crippen LogP) is 3.29. The molecule has 3 aromatic heterocycles. The minimum absolute atomic E-state index is 0.172. The number of anilines is 1. The largest absolute Gasteiger partial charge is 0.481 e. The van der Waals surface area contributed by atoms with Crippen molar-refractivity contribution in [2.75, 3.05) is 19.0 Å². The van der Waals surface area contributed by atoms with Gasteiger partial charge in [0.2, 0.25) is 5.88 Å². The van der Waals surface area contributed by atoms with Gasteiger partial charge in [0.15, 0.2) is 17.2 Å². The number of H-pyrrole nitrogens is 1. The Bertz CT molecular complexity index is 1230. The number of nitrogens with one attached hydrogen (secondary N) is 2. The molecule has 0 radical (unpaired) electrons. The molecule has 0 saturated heterocycles. The fraction of sp³-hybridized carbons (Fsp3) is 0.200. The molecule has 3 N–H and O–H groups in total. The Labute approximate surface area is 175 Å². The number of aromatic nitrogens is 5. The van der Waals surface area contributed by atoms with E-state index < -0.39 is 17.7 Å². The lowest BCUT2D eigenvalue weighted by atomic mass is 10.1. The summed E-state index contributed by atoms with van der Waals surface area (Å²) in [6, 6.07) is 6.21. The Morgan fingerprint density at radius 2 is 2.06 bits per heavy atom. The van der Waals surface area contributed by atoms with Crippen LogP contribution in [0.2, 0.25) is 0 Å². The van der Waals surface area contributed by atoms with Gasteiger partial charge in [-0.05, 0) is 31.2 Å². The lowest BCUT2D eigenvalue weighted by Gasteiger charge is -2.12. The summed E-state index contributed by atoms with van der Waals surface area (Å²) in [4.78, 5) is 12.7. The van der Waals surface area contributed by atoms with Crippen molar-refractivity contribution in [3.63, 3.8) is 0 Å². The number of halogens is 2. The van der Waals surface area contributed by atoms with Crippen molar-refractivity contribution in [1.29, 1.82) is 0 Å². The summed E-state index contributed by atoms with van der Waals surface area (Å²) in [5.74, 6) is -1.23. The number of methoxy groups -OCH3 is 1.